The summed E-state index contributed by atoms with van der Waals surface area (Å²) in [4.78, 5) is 4.40. The van der Waals surface area contributed by atoms with E-state index in [4.69, 9.17) is 34.3 Å². The van der Waals surface area contributed by atoms with Crippen LogP contribution in [0.4, 0.5) is 0 Å². The Morgan fingerprint density at radius 2 is 2.11 bits per heavy atom. The number of nitrogens with zero attached hydrogens (tertiary/aromatic N) is 1. The van der Waals surface area contributed by atoms with Gasteiger partial charge in [0.2, 0.25) is 5.88 Å². The molecule has 2 N–H and O–H groups in total. The molecule has 2 rings (SSSR count). The van der Waals surface area contributed by atoms with Crippen molar-refractivity contribution < 1.29 is 4.74 Å². The van der Waals surface area contributed by atoms with Gasteiger partial charge in [-0.2, -0.15) is 0 Å². The molecule has 0 aliphatic heterocycles. The number of hydrogen-bond donors (Lipinski definition) is 1. The van der Waals surface area contributed by atoms with Gasteiger partial charge in [-0.1, -0.05) is 39.7 Å². The van der Waals surface area contributed by atoms with Gasteiger partial charge in [-0.25, -0.2) is 4.98 Å². The third kappa shape index (κ3) is 3.19. The molecule has 0 spiro atoms. The molecular formula is C12H8BrClN2OS. The zero-order valence-corrected chi connectivity index (χ0v) is 12.2. The fraction of sp³-hybridized carbons (Fsp3) is 0. The summed E-state index contributed by atoms with van der Waals surface area (Å²) in [5.41, 5.74) is 6.18. The molecule has 0 radical (unpaired) electrons. The highest BCUT2D eigenvalue weighted by Gasteiger charge is 2.05. The first kappa shape index (κ1) is 13.3. The van der Waals surface area contributed by atoms with Crippen molar-refractivity contribution in [1.29, 1.82) is 0 Å². The van der Waals surface area contributed by atoms with Crippen LogP contribution in [0.15, 0.2) is 41.0 Å². The van der Waals surface area contributed by atoms with E-state index in [1.807, 2.05) is 6.07 Å². The molecule has 92 valence electrons. The number of pyridine rings is 1. The summed E-state index contributed by atoms with van der Waals surface area (Å²) in [5, 5.41) is 0.504. The van der Waals surface area contributed by atoms with Crippen molar-refractivity contribution in [3.8, 4) is 11.6 Å². The summed E-state index contributed by atoms with van der Waals surface area (Å²) in [7, 11) is 0. The average Bonchev–Trinajstić information content (AvgIpc) is 2.33. The first-order valence-corrected chi connectivity index (χ1v) is 6.53. The third-order valence-electron chi connectivity index (χ3n) is 2.13. The van der Waals surface area contributed by atoms with Crippen molar-refractivity contribution in [2.75, 3.05) is 0 Å². The fourth-order valence-electron chi connectivity index (χ4n) is 1.26. The van der Waals surface area contributed by atoms with Gasteiger partial charge in [0.05, 0.1) is 5.02 Å². The lowest BCUT2D eigenvalue weighted by Gasteiger charge is -2.07. The minimum atomic E-state index is 0.302. The Morgan fingerprint density at radius 3 is 2.67 bits per heavy atom. The van der Waals surface area contributed by atoms with Crippen molar-refractivity contribution in [3.63, 3.8) is 0 Å². The number of thiocarbonyl (C=S) groups is 1. The highest BCUT2D eigenvalue weighted by Crippen LogP contribution is 2.30. The Kier molecular flexibility index (Phi) is 4.16. The predicted octanol–water partition coefficient (Wildman–Crippen LogP) is 3.92. The maximum Gasteiger partial charge on any atom is 0.219 e. The van der Waals surface area contributed by atoms with E-state index in [0.29, 0.717) is 27.2 Å². The Balaban J connectivity index is 2.21. The monoisotopic (exact) mass is 342 g/mol. The molecule has 2 aromatic rings. The van der Waals surface area contributed by atoms with Crippen molar-refractivity contribution >= 4 is 44.7 Å². The largest absolute Gasteiger partial charge is 0.437 e. The number of aromatic nitrogens is 1. The molecule has 1 heterocycles. The van der Waals surface area contributed by atoms with Gasteiger partial charge in [-0.15, -0.1) is 0 Å². The normalized spacial score (nSPS) is 10.1. The number of ether oxygens (including phenoxy) is 1. The van der Waals surface area contributed by atoms with E-state index in [9.17, 15) is 0 Å². The molecule has 0 aliphatic rings. The summed E-state index contributed by atoms with van der Waals surface area (Å²) in [6.45, 7) is 0. The molecule has 0 fully saturated rings. The van der Waals surface area contributed by atoms with Crippen molar-refractivity contribution in [3.05, 3.63) is 51.6 Å². The number of hydrogen-bond acceptors (Lipinski definition) is 3. The van der Waals surface area contributed by atoms with E-state index in [-0.39, 0.29) is 0 Å². The number of rotatable bonds is 3. The predicted molar refractivity (Wildman–Crippen MR) is 79.4 cm³/mol. The maximum atomic E-state index is 6.04. The van der Waals surface area contributed by atoms with Gasteiger partial charge in [0.15, 0.2) is 0 Å². The van der Waals surface area contributed by atoms with E-state index in [1.165, 1.54) is 0 Å². The molecule has 0 atom stereocenters. The van der Waals surface area contributed by atoms with Gasteiger partial charge >= 0.3 is 0 Å². The van der Waals surface area contributed by atoms with Crippen molar-refractivity contribution in [2.24, 2.45) is 5.73 Å². The second kappa shape index (κ2) is 5.65. The summed E-state index contributed by atoms with van der Waals surface area (Å²) in [6, 6.07) is 8.78. The molecule has 0 amide bonds. The summed E-state index contributed by atoms with van der Waals surface area (Å²) >= 11 is 14.2. The van der Waals surface area contributed by atoms with Gasteiger partial charge in [-0.05, 0) is 24.3 Å². The number of nitrogens with two attached hydrogens (primary N) is 1. The summed E-state index contributed by atoms with van der Waals surface area (Å²) < 4.78 is 6.44. The van der Waals surface area contributed by atoms with Gasteiger partial charge in [-0.3, -0.25) is 0 Å². The molecule has 1 aromatic heterocycles. The zero-order valence-electron chi connectivity index (χ0n) is 9.06. The summed E-state index contributed by atoms with van der Waals surface area (Å²) in [6.07, 6.45) is 1.56. The fourth-order valence-corrected chi connectivity index (χ4v) is 2.09. The first-order chi connectivity index (χ1) is 8.56. The second-order valence-electron chi connectivity index (χ2n) is 3.43. The van der Waals surface area contributed by atoms with Crippen molar-refractivity contribution in [2.45, 2.75) is 0 Å². The smallest absolute Gasteiger partial charge is 0.219 e. The Morgan fingerprint density at radius 1 is 1.33 bits per heavy atom. The number of benzene rings is 1. The lowest BCUT2D eigenvalue weighted by Crippen LogP contribution is -2.09. The van der Waals surface area contributed by atoms with Crippen LogP contribution in [0.2, 0.25) is 5.02 Å². The maximum absolute atomic E-state index is 6.04. The van der Waals surface area contributed by atoms with Gasteiger partial charge < -0.3 is 10.5 Å². The molecule has 18 heavy (non-hydrogen) atoms. The van der Waals surface area contributed by atoms with E-state index < -0.39 is 0 Å². The Labute approximate surface area is 123 Å². The topological polar surface area (TPSA) is 48.1 Å². The minimum absolute atomic E-state index is 0.302. The molecule has 1 aromatic carbocycles. The van der Waals surface area contributed by atoms with Crippen LogP contribution in [0.25, 0.3) is 0 Å². The summed E-state index contributed by atoms with van der Waals surface area (Å²) in [5.74, 6) is 0.967. The molecule has 0 aliphatic carbocycles. The second-order valence-corrected chi connectivity index (χ2v) is 5.19. The van der Waals surface area contributed by atoms with Gasteiger partial charge in [0.25, 0.3) is 0 Å². The molecule has 0 bridgehead atoms. The minimum Gasteiger partial charge on any atom is -0.437 e. The lowest BCUT2D eigenvalue weighted by molar-refractivity contribution is 0.463. The SMILES string of the molecule is NC(=S)c1ccc(Oc2ccc(Br)cc2Cl)nc1. The van der Waals surface area contributed by atoms with E-state index in [0.717, 1.165) is 4.47 Å². The van der Waals surface area contributed by atoms with Crippen LogP contribution in [0.3, 0.4) is 0 Å². The average molecular weight is 344 g/mol. The highest BCUT2D eigenvalue weighted by molar-refractivity contribution is 9.10. The van der Waals surface area contributed by atoms with Crippen LogP contribution in [0.1, 0.15) is 5.56 Å². The van der Waals surface area contributed by atoms with Crippen LogP contribution >= 0.6 is 39.7 Å². The van der Waals surface area contributed by atoms with Crippen LogP contribution in [-0.4, -0.2) is 9.97 Å². The zero-order chi connectivity index (χ0) is 13.1. The van der Waals surface area contributed by atoms with E-state index in [1.54, 1.807) is 30.5 Å². The molecular weight excluding hydrogens is 336 g/mol. The quantitative estimate of drug-likeness (QED) is 0.858. The van der Waals surface area contributed by atoms with E-state index >= 15 is 0 Å². The molecule has 3 nitrogen and oxygen atoms in total. The molecule has 0 saturated heterocycles. The lowest BCUT2D eigenvalue weighted by atomic mass is 10.3. The highest BCUT2D eigenvalue weighted by atomic mass is 79.9. The Hall–Kier alpha value is -1.17. The van der Waals surface area contributed by atoms with E-state index in [2.05, 4.69) is 20.9 Å². The van der Waals surface area contributed by atoms with Crippen molar-refractivity contribution in [1.82, 2.24) is 4.98 Å². The standard InChI is InChI=1S/C12H8BrClN2OS/c13-8-2-3-10(9(14)5-8)17-11-4-1-7(6-16-11)12(15)18/h1-6H,(H2,15,18). The first-order valence-electron chi connectivity index (χ1n) is 4.95. The molecule has 6 heteroatoms. The van der Waals surface area contributed by atoms with Crippen LogP contribution < -0.4 is 10.5 Å². The molecule has 0 saturated carbocycles. The van der Waals surface area contributed by atoms with Gasteiger partial charge in [0.1, 0.15) is 10.7 Å². The van der Waals surface area contributed by atoms with Gasteiger partial charge in [0, 0.05) is 22.3 Å². The van der Waals surface area contributed by atoms with Crippen LogP contribution in [0, 0.1) is 0 Å². The third-order valence-corrected chi connectivity index (χ3v) is 3.15. The van der Waals surface area contributed by atoms with Crippen LogP contribution in [-0.2, 0) is 0 Å². The molecule has 0 unspecified atom stereocenters. The Bertz CT molecular complexity index is 589. The van der Waals surface area contributed by atoms with Crippen LogP contribution in [0.5, 0.6) is 11.6 Å². The number of halogens is 2.